The van der Waals surface area contributed by atoms with E-state index in [0.717, 1.165) is 78.3 Å². The number of halogens is 6. The first-order valence-corrected chi connectivity index (χ1v) is 15.5. The number of thiazole rings is 2. The van der Waals surface area contributed by atoms with Gasteiger partial charge in [0.15, 0.2) is 0 Å². The molecule has 0 aliphatic heterocycles. The van der Waals surface area contributed by atoms with Crippen LogP contribution in [-0.2, 0) is 36.5 Å². The molecule has 0 amide bonds. The lowest BCUT2D eigenvalue weighted by Gasteiger charge is -2.06. The second-order valence-electron chi connectivity index (χ2n) is 9.69. The van der Waals surface area contributed by atoms with Crippen LogP contribution in [0.4, 0.5) is 26.3 Å². The third kappa shape index (κ3) is 9.35. The summed E-state index contributed by atoms with van der Waals surface area (Å²) in [6.45, 7) is 4.01. The van der Waals surface area contributed by atoms with E-state index >= 15 is 0 Å². The van der Waals surface area contributed by atoms with Gasteiger partial charge in [-0.2, -0.15) is 26.3 Å². The molecule has 0 saturated heterocycles. The molecule has 5 nitrogen and oxygen atoms in total. The van der Waals surface area contributed by atoms with E-state index in [1.54, 1.807) is 0 Å². The quantitative estimate of drug-likeness (QED) is 0.136. The van der Waals surface area contributed by atoms with Crippen molar-refractivity contribution in [3.8, 4) is 21.1 Å². The topological polar surface area (TPSA) is 72.3 Å². The Kier molecular flexibility index (Phi) is 12.5. The fourth-order valence-corrected chi connectivity index (χ4v) is 6.02. The minimum atomic E-state index is -4.37. The summed E-state index contributed by atoms with van der Waals surface area (Å²) < 4.78 is 80.2. The number of carbonyl (C=O) groups is 1. The van der Waals surface area contributed by atoms with Gasteiger partial charge in [-0.05, 0) is 49.9 Å². The van der Waals surface area contributed by atoms with E-state index < -0.39 is 29.4 Å². The van der Waals surface area contributed by atoms with Crippen molar-refractivity contribution in [2.24, 2.45) is 0 Å². The fraction of sp³-hybridized carbons (Fsp3) is 0.387. The molecule has 0 fully saturated rings. The second kappa shape index (κ2) is 15.6. The molecule has 0 atom stereocenters. The molecule has 0 saturated carbocycles. The molecule has 4 rings (SSSR count). The van der Waals surface area contributed by atoms with Crippen molar-refractivity contribution in [1.29, 1.82) is 0 Å². The Balaban J connectivity index is 0.000000241. The number of aliphatic hydroxyl groups is 1. The predicted molar refractivity (Wildman–Crippen MR) is 160 cm³/mol. The average molecular weight is 659 g/mol. The lowest BCUT2D eigenvalue weighted by Crippen LogP contribution is -2.03. The highest BCUT2D eigenvalue weighted by Crippen LogP contribution is 2.35. The van der Waals surface area contributed by atoms with Crippen LogP contribution in [-0.4, -0.2) is 28.2 Å². The number of aryl methyl sites for hydroxylation is 2. The summed E-state index contributed by atoms with van der Waals surface area (Å²) in [6.07, 6.45) is -3.45. The van der Waals surface area contributed by atoms with Gasteiger partial charge in [-0.1, -0.05) is 51.0 Å². The standard InChI is InChI=1S/C16H16F3NO2S.C15H16F3NOS/c1-3-4-5-12-13(15(21)22-2)23-14(20-12)10-6-8-11(9-7-10)16(17,18)19;1-2-3-4-12-13(9-20)21-14(19-12)10-5-7-11(8-6-10)15(16,17)18/h6-9H,3-5H2,1-2H3;5-8,20H,2-4,9H2,1H3. The molecule has 0 radical (unpaired) electrons. The van der Waals surface area contributed by atoms with Crippen molar-refractivity contribution < 1.29 is 41.0 Å². The van der Waals surface area contributed by atoms with Gasteiger partial charge in [0.25, 0.3) is 0 Å². The zero-order valence-corrected chi connectivity index (χ0v) is 25.9. The van der Waals surface area contributed by atoms with Gasteiger partial charge in [0.05, 0.1) is 41.1 Å². The number of unbranched alkanes of at least 4 members (excludes halogenated alkanes) is 2. The van der Waals surface area contributed by atoms with Crippen LogP contribution in [0.1, 0.15) is 76.6 Å². The summed E-state index contributed by atoms with van der Waals surface area (Å²) in [6, 6.07) is 9.72. The summed E-state index contributed by atoms with van der Waals surface area (Å²) in [5, 5.41) is 10.5. The highest BCUT2D eigenvalue weighted by Gasteiger charge is 2.31. The van der Waals surface area contributed by atoms with Gasteiger partial charge >= 0.3 is 18.3 Å². The third-order valence-electron chi connectivity index (χ3n) is 6.44. The van der Waals surface area contributed by atoms with E-state index in [9.17, 15) is 36.2 Å². The Morgan fingerprint density at radius 2 is 1.18 bits per heavy atom. The van der Waals surface area contributed by atoms with Crippen LogP contribution in [0.2, 0.25) is 0 Å². The number of rotatable bonds is 10. The van der Waals surface area contributed by atoms with Crippen LogP contribution in [0.5, 0.6) is 0 Å². The van der Waals surface area contributed by atoms with Gasteiger partial charge in [-0.25, -0.2) is 14.8 Å². The molecular weight excluding hydrogens is 626 g/mol. The van der Waals surface area contributed by atoms with E-state index in [-0.39, 0.29) is 6.61 Å². The first-order chi connectivity index (χ1) is 20.8. The molecule has 0 bridgehead atoms. The molecule has 1 N–H and O–H groups in total. The maximum absolute atomic E-state index is 12.6. The molecule has 2 aromatic heterocycles. The number of benzene rings is 2. The SMILES string of the molecule is CCCCc1nc(-c2ccc(C(F)(F)F)cc2)sc1C(=O)OC.CCCCc1nc(-c2ccc(C(F)(F)F)cc2)sc1CO. The minimum absolute atomic E-state index is 0.0860. The van der Waals surface area contributed by atoms with Crippen LogP contribution in [0.25, 0.3) is 21.1 Å². The number of aromatic nitrogens is 2. The lowest BCUT2D eigenvalue weighted by atomic mass is 10.1. The maximum atomic E-state index is 12.6. The van der Waals surface area contributed by atoms with E-state index in [0.29, 0.717) is 38.1 Å². The number of aliphatic hydroxyl groups excluding tert-OH is 1. The number of alkyl halides is 6. The zero-order chi connectivity index (χ0) is 32.5. The highest BCUT2D eigenvalue weighted by molar-refractivity contribution is 7.17. The van der Waals surface area contributed by atoms with Gasteiger partial charge in [0, 0.05) is 11.1 Å². The number of hydrogen-bond acceptors (Lipinski definition) is 7. The summed E-state index contributed by atoms with van der Waals surface area (Å²) in [7, 11) is 1.30. The summed E-state index contributed by atoms with van der Waals surface area (Å²) in [5.74, 6) is -0.466. The average Bonchev–Trinajstić information content (AvgIpc) is 3.62. The number of hydrogen-bond donors (Lipinski definition) is 1. The Labute approximate surface area is 259 Å². The van der Waals surface area contributed by atoms with E-state index in [2.05, 4.69) is 16.9 Å². The van der Waals surface area contributed by atoms with Gasteiger partial charge < -0.3 is 9.84 Å². The van der Waals surface area contributed by atoms with E-state index in [1.165, 1.54) is 42.7 Å². The molecule has 0 aliphatic rings. The molecule has 238 valence electrons. The number of methoxy groups -OCH3 is 1. The Morgan fingerprint density at radius 3 is 1.59 bits per heavy atom. The minimum Gasteiger partial charge on any atom is -0.465 e. The molecular formula is C31H32F6N2O3S2. The van der Waals surface area contributed by atoms with Gasteiger partial charge in [-0.15, -0.1) is 22.7 Å². The monoisotopic (exact) mass is 658 g/mol. The Hall–Kier alpha value is -3.29. The summed E-state index contributed by atoms with van der Waals surface area (Å²) in [5.41, 5.74) is 1.30. The smallest absolute Gasteiger partial charge is 0.416 e. The van der Waals surface area contributed by atoms with Crippen molar-refractivity contribution in [2.75, 3.05) is 7.11 Å². The van der Waals surface area contributed by atoms with Crippen molar-refractivity contribution in [3.05, 3.63) is 80.8 Å². The molecule has 2 aromatic carbocycles. The van der Waals surface area contributed by atoms with Crippen LogP contribution < -0.4 is 0 Å². The molecule has 0 spiro atoms. The van der Waals surface area contributed by atoms with Crippen molar-refractivity contribution in [3.63, 3.8) is 0 Å². The van der Waals surface area contributed by atoms with Gasteiger partial charge in [-0.3, -0.25) is 0 Å². The van der Waals surface area contributed by atoms with E-state index in [1.807, 2.05) is 6.92 Å². The number of nitrogens with zero attached hydrogens (tertiary/aromatic N) is 2. The largest absolute Gasteiger partial charge is 0.465 e. The molecule has 0 aliphatic carbocycles. The van der Waals surface area contributed by atoms with Crippen LogP contribution in [0.3, 0.4) is 0 Å². The normalized spacial score (nSPS) is 11.7. The highest BCUT2D eigenvalue weighted by atomic mass is 32.1. The summed E-state index contributed by atoms with van der Waals surface area (Å²) >= 11 is 2.48. The molecule has 4 aromatic rings. The fourth-order valence-electron chi connectivity index (χ4n) is 4.01. The van der Waals surface area contributed by atoms with Gasteiger partial charge in [0.2, 0.25) is 0 Å². The van der Waals surface area contributed by atoms with Crippen LogP contribution in [0, 0.1) is 0 Å². The summed E-state index contributed by atoms with van der Waals surface area (Å²) in [4.78, 5) is 21.9. The van der Waals surface area contributed by atoms with E-state index in [4.69, 9.17) is 4.74 Å². The third-order valence-corrected chi connectivity index (χ3v) is 8.70. The zero-order valence-electron chi connectivity index (χ0n) is 24.3. The first-order valence-electron chi connectivity index (χ1n) is 13.8. The number of esters is 1. The van der Waals surface area contributed by atoms with Crippen molar-refractivity contribution in [2.45, 2.75) is 71.3 Å². The lowest BCUT2D eigenvalue weighted by molar-refractivity contribution is -0.138. The van der Waals surface area contributed by atoms with Crippen LogP contribution in [0.15, 0.2) is 48.5 Å². The van der Waals surface area contributed by atoms with Gasteiger partial charge in [0.1, 0.15) is 14.9 Å². The number of carbonyl (C=O) groups excluding carboxylic acids is 1. The second-order valence-corrected chi connectivity index (χ2v) is 11.8. The van der Waals surface area contributed by atoms with Crippen molar-refractivity contribution >= 4 is 28.6 Å². The van der Waals surface area contributed by atoms with Crippen LogP contribution >= 0.6 is 22.7 Å². The first kappa shape index (κ1) is 35.2. The predicted octanol–water partition coefficient (Wildman–Crippen LogP) is 9.62. The molecule has 0 unspecified atom stereocenters. The molecule has 44 heavy (non-hydrogen) atoms. The van der Waals surface area contributed by atoms with Crippen molar-refractivity contribution in [1.82, 2.24) is 9.97 Å². The Bertz CT molecular complexity index is 1490. The molecule has 2 heterocycles. The Morgan fingerprint density at radius 1 is 0.750 bits per heavy atom. The molecule has 13 heteroatoms. The number of ether oxygens (including phenoxy) is 1. The maximum Gasteiger partial charge on any atom is 0.416 e.